The normalized spacial score (nSPS) is 14.2. The first-order chi connectivity index (χ1) is 10.9. The maximum Gasteiger partial charge on any atom is 1.00 e. The van der Waals surface area contributed by atoms with Gasteiger partial charge in [-0.2, -0.15) is 0 Å². The molecular formula is C18H37KO4S. The number of aliphatic hydroxyl groups is 1. The molecule has 0 heterocycles. The van der Waals surface area contributed by atoms with Gasteiger partial charge in [-0.15, -0.1) is 0 Å². The number of aliphatic hydroxyl groups excluding tert-OH is 1. The van der Waals surface area contributed by atoms with Crippen LogP contribution in [-0.4, -0.2) is 29.4 Å². The molecule has 2 unspecified atom stereocenters. The van der Waals surface area contributed by atoms with Gasteiger partial charge >= 0.3 is 51.4 Å². The van der Waals surface area contributed by atoms with Gasteiger partial charge in [-0.3, -0.25) is 0 Å². The molecule has 0 aromatic heterocycles. The maximum absolute atomic E-state index is 11.4. The number of rotatable bonds is 16. The van der Waals surface area contributed by atoms with Crippen LogP contribution in [-0.2, 0) is 10.1 Å². The van der Waals surface area contributed by atoms with Crippen LogP contribution in [0, 0.1) is 0 Å². The van der Waals surface area contributed by atoms with E-state index in [1.54, 1.807) is 0 Å². The number of hydrogen-bond acceptors (Lipinski definition) is 4. The summed E-state index contributed by atoms with van der Waals surface area (Å²) in [6.07, 6.45) is 12.3. The van der Waals surface area contributed by atoms with Crippen LogP contribution < -0.4 is 51.4 Å². The second kappa shape index (κ2) is 17.9. The maximum atomic E-state index is 11.4. The molecule has 4 nitrogen and oxygen atoms in total. The van der Waals surface area contributed by atoms with Gasteiger partial charge in [0.25, 0.3) is 0 Å². The van der Waals surface area contributed by atoms with Gasteiger partial charge in [-0.25, -0.2) is 8.42 Å². The van der Waals surface area contributed by atoms with Crippen molar-refractivity contribution in [2.45, 2.75) is 115 Å². The summed E-state index contributed by atoms with van der Waals surface area (Å²) in [5.74, 6) is 0. The predicted molar refractivity (Wildman–Crippen MR) is 95.5 cm³/mol. The fourth-order valence-electron chi connectivity index (χ4n) is 2.94. The van der Waals surface area contributed by atoms with Crippen molar-refractivity contribution in [2.24, 2.45) is 0 Å². The zero-order valence-electron chi connectivity index (χ0n) is 16.1. The van der Waals surface area contributed by atoms with Gasteiger partial charge in [0.15, 0.2) is 0 Å². The van der Waals surface area contributed by atoms with Gasteiger partial charge in [0.2, 0.25) is 0 Å². The van der Waals surface area contributed by atoms with Gasteiger partial charge < -0.3 is 9.66 Å². The van der Waals surface area contributed by atoms with E-state index in [0.717, 1.165) is 44.9 Å². The summed E-state index contributed by atoms with van der Waals surface area (Å²) in [6.45, 7) is 4.29. The van der Waals surface area contributed by atoms with Crippen molar-refractivity contribution in [1.82, 2.24) is 0 Å². The number of unbranched alkanes of at least 4 members (excludes halogenated alkanes) is 7. The van der Waals surface area contributed by atoms with Gasteiger partial charge in [0, 0.05) is 5.25 Å². The Morgan fingerprint density at radius 3 is 1.71 bits per heavy atom. The van der Waals surface area contributed by atoms with E-state index in [2.05, 4.69) is 13.8 Å². The molecule has 0 aliphatic carbocycles. The molecule has 1 N–H and O–H groups in total. The number of hydrogen-bond donors (Lipinski definition) is 1. The van der Waals surface area contributed by atoms with Crippen LogP contribution in [0.4, 0.5) is 0 Å². The zero-order chi connectivity index (χ0) is 17.6. The molecule has 0 aromatic rings. The minimum Gasteiger partial charge on any atom is -0.748 e. The third kappa shape index (κ3) is 16.9. The van der Waals surface area contributed by atoms with E-state index in [0.29, 0.717) is 25.7 Å². The Labute approximate surface area is 192 Å². The molecular weight excluding hydrogens is 351 g/mol. The summed E-state index contributed by atoms with van der Waals surface area (Å²) < 4.78 is 34.1. The first-order valence-corrected chi connectivity index (χ1v) is 11.0. The van der Waals surface area contributed by atoms with Crippen LogP contribution in [0.15, 0.2) is 0 Å². The quantitative estimate of drug-likeness (QED) is 0.248. The molecule has 0 amide bonds. The smallest absolute Gasteiger partial charge is 0.748 e. The summed E-state index contributed by atoms with van der Waals surface area (Å²) in [5.41, 5.74) is 0. The molecule has 24 heavy (non-hydrogen) atoms. The van der Waals surface area contributed by atoms with E-state index in [-0.39, 0.29) is 57.5 Å². The van der Waals surface area contributed by atoms with Crippen molar-refractivity contribution >= 4 is 10.1 Å². The summed E-state index contributed by atoms with van der Waals surface area (Å²) >= 11 is 0. The summed E-state index contributed by atoms with van der Waals surface area (Å²) in [6, 6.07) is 0. The minimum atomic E-state index is -4.21. The van der Waals surface area contributed by atoms with Gasteiger partial charge in [-0.05, 0) is 32.1 Å². The molecule has 0 spiro atoms. The molecule has 6 heteroatoms. The minimum absolute atomic E-state index is 0. The van der Waals surface area contributed by atoms with Crippen LogP contribution in [0.3, 0.4) is 0 Å². The van der Waals surface area contributed by atoms with Gasteiger partial charge in [0.05, 0.1) is 16.2 Å². The van der Waals surface area contributed by atoms with E-state index in [1.807, 2.05) is 0 Å². The first kappa shape index (κ1) is 27.7. The van der Waals surface area contributed by atoms with E-state index >= 15 is 0 Å². The molecule has 140 valence electrons. The topological polar surface area (TPSA) is 77.4 Å². The molecule has 2 atom stereocenters. The van der Waals surface area contributed by atoms with Crippen molar-refractivity contribution in [2.75, 3.05) is 0 Å². The van der Waals surface area contributed by atoms with Crippen LogP contribution >= 0.6 is 0 Å². The van der Waals surface area contributed by atoms with Gasteiger partial charge in [-0.1, -0.05) is 71.6 Å². The second-order valence-electron chi connectivity index (χ2n) is 6.75. The third-order valence-electron chi connectivity index (χ3n) is 4.49. The fraction of sp³-hybridized carbons (Fsp3) is 1.00. The molecule has 0 rings (SSSR count). The van der Waals surface area contributed by atoms with Crippen LogP contribution in [0.2, 0.25) is 0 Å². The van der Waals surface area contributed by atoms with Crippen LogP contribution in [0.25, 0.3) is 0 Å². The van der Waals surface area contributed by atoms with E-state index in [9.17, 15) is 18.1 Å². The monoisotopic (exact) mass is 388 g/mol. The Hall–Kier alpha value is 1.51. The molecule has 0 aliphatic rings. The Bertz CT molecular complexity index is 360. The zero-order valence-corrected chi connectivity index (χ0v) is 20.1. The molecule has 0 saturated heterocycles. The first-order valence-electron chi connectivity index (χ1n) is 9.54. The van der Waals surface area contributed by atoms with E-state index in [1.165, 1.54) is 19.3 Å². The largest absolute Gasteiger partial charge is 1.00 e. The molecule has 0 saturated carbocycles. The third-order valence-corrected chi connectivity index (χ3v) is 5.78. The summed E-state index contributed by atoms with van der Waals surface area (Å²) in [7, 11) is -4.21. The van der Waals surface area contributed by atoms with Crippen molar-refractivity contribution in [3.63, 3.8) is 0 Å². The second-order valence-corrected chi connectivity index (χ2v) is 8.40. The van der Waals surface area contributed by atoms with Crippen molar-refractivity contribution in [3.05, 3.63) is 0 Å². The molecule has 0 aromatic carbocycles. The Morgan fingerprint density at radius 1 is 0.750 bits per heavy atom. The van der Waals surface area contributed by atoms with E-state index < -0.39 is 15.4 Å². The van der Waals surface area contributed by atoms with Crippen molar-refractivity contribution in [3.8, 4) is 0 Å². The summed E-state index contributed by atoms with van der Waals surface area (Å²) in [5, 5.41) is 9.14. The van der Waals surface area contributed by atoms with Crippen molar-refractivity contribution < 1.29 is 69.5 Å². The molecule has 0 aliphatic heterocycles. The SMILES string of the molecule is CCCCCCCC(CCCC(O)CCCCCC)S(=O)(=O)[O-].[K+]. The Balaban J connectivity index is 0. The fourth-order valence-corrected chi connectivity index (χ4v) is 3.85. The Morgan fingerprint density at radius 2 is 1.17 bits per heavy atom. The summed E-state index contributed by atoms with van der Waals surface area (Å²) in [4.78, 5) is 0. The van der Waals surface area contributed by atoms with Crippen LogP contribution in [0.5, 0.6) is 0 Å². The average molecular weight is 389 g/mol. The van der Waals surface area contributed by atoms with E-state index in [4.69, 9.17) is 0 Å². The molecule has 0 bridgehead atoms. The Kier molecular flexibility index (Phi) is 20.7. The van der Waals surface area contributed by atoms with Gasteiger partial charge in [0.1, 0.15) is 0 Å². The predicted octanol–water partition coefficient (Wildman–Crippen LogP) is 1.77. The van der Waals surface area contributed by atoms with Crippen LogP contribution in [0.1, 0.15) is 104 Å². The standard InChI is InChI=1S/C18H38O4S.K/c1-3-5-7-9-11-15-18(23(20,21)22)16-12-14-17(19)13-10-8-6-4-2;/h17-19H,3-16H2,1-2H3,(H,20,21,22);/q;+1/p-1. The molecule has 0 radical (unpaired) electrons. The van der Waals surface area contributed by atoms with Crippen molar-refractivity contribution in [1.29, 1.82) is 0 Å². The molecule has 0 fully saturated rings. The average Bonchev–Trinajstić information content (AvgIpc) is 2.48.